The lowest BCUT2D eigenvalue weighted by Gasteiger charge is -2.25. The van der Waals surface area contributed by atoms with Crippen molar-refractivity contribution in [3.8, 4) is 0 Å². The maximum absolute atomic E-state index is 9.37. The summed E-state index contributed by atoms with van der Waals surface area (Å²) in [7, 11) is 0. The van der Waals surface area contributed by atoms with Gasteiger partial charge < -0.3 is 5.11 Å². The highest BCUT2D eigenvalue weighted by atomic mass is 16.3. The molecule has 0 fully saturated rings. The van der Waals surface area contributed by atoms with Crippen LogP contribution < -0.4 is 0 Å². The fourth-order valence-corrected chi connectivity index (χ4v) is 1.70. The second-order valence-electron chi connectivity index (χ2n) is 4.92. The highest BCUT2D eigenvalue weighted by Crippen LogP contribution is 2.26. The van der Waals surface area contributed by atoms with Gasteiger partial charge in [0.1, 0.15) is 0 Å². The van der Waals surface area contributed by atoms with Crippen molar-refractivity contribution in [3.05, 3.63) is 34.9 Å². The Morgan fingerprint density at radius 1 is 1.20 bits per heavy atom. The van der Waals surface area contributed by atoms with Crippen molar-refractivity contribution in [1.82, 2.24) is 0 Å². The number of aliphatic hydroxyl groups excluding tert-OH is 1. The first kappa shape index (κ1) is 12.3. The number of benzene rings is 1. The molecule has 1 heteroatoms. The number of hydrogen-bond donors (Lipinski definition) is 1. The first-order valence-electron chi connectivity index (χ1n) is 5.68. The molecule has 0 bridgehead atoms. The van der Waals surface area contributed by atoms with Gasteiger partial charge in [0.05, 0.1) is 0 Å². The summed E-state index contributed by atoms with van der Waals surface area (Å²) in [6.07, 6.45) is 1.97. The standard InChI is InChI=1S/C14H22O/c1-5-14(4,10-15)9-13-7-6-11(2)12(3)8-13/h6-8,15H,5,9-10H2,1-4H3. The van der Waals surface area contributed by atoms with Gasteiger partial charge in [-0.15, -0.1) is 0 Å². The molecular formula is C14H22O. The molecule has 1 aromatic carbocycles. The third-order valence-electron chi connectivity index (χ3n) is 3.44. The average Bonchev–Trinajstić information content (AvgIpc) is 2.23. The second kappa shape index (κ2) is 4.80. The molecule has 0 radical (unpaired) electrons. The molecule has 1 unspecified atom stereocenters. The van der Waals surface area contributed by atoms with E-state index < -0.39 is 0 Å². The summed E-state index contributed by atoms with van der Waals surface area (Å²) in [5.74, 6) is 0. The zero-order chi connectivity index (χ0) is 11.5. The molecule has 1 N–H and O–H groups in total. The number of hydrogen-bond acceptors (Lipinski definition) is 1. The summed E-state index contributed by atoms with van der Waals surface area (Å²) < 4.78 is 0. The van der Waals surface area contributed by atoms with Gasteiger partial charge in [0, 0.05) is 6.61 Å². The summed E-state index contributed by atoms with van der Waals surface area (Å²) in [4.78, 5) is 0. The van der Waals surface area contributed by atoms with Crippen LogP contribution in [0.5, 0.6) is 0 Å². The zero-order valence-corrected chi connectivity index (χ0v) is 10.3. The minimum atomic E-state index is 0.0295. The molecule has 0 amide bonds. The van der Waals surface area contributed by atoms with E-state index in [9.17, 15) is 5.11 Å². The molecule has 0 aliphatic carbocycles. The first-order chi connectivity index (χ1) is 7.00. The summed E-state index contributed by atoms with van der Waals surface area (Å²) in [5.41, 5.74) is 4.03. The van der Waals surface area contributed by atoms with Gasteiger partial charge >= 0.3 is 0 Å². The summed E-state index contributed by atoms with van der Waals surface area (Å²) >= 11 is 0. The number of aryl methyl sites for hydroxylation is 2. The third kappa shape index (κ3) is 3.07. The van der Waals surface area contributed by atoms with Crippen LogP contribution in [0.3, 0.4) is 0 Å². The molecule has 0 aromatic heterocycles. The smallest absolute Gasteiger partial charge is 0.0487 e. The van der Waals surface area contributed by atoms with Gasteiger partial charge in [-0.3, -0.25) is 0 Å². The molecule has 1 aromatic rings. The van der Waals surface area contributed by atoms with E-state index >= 15 is 0 Å². The Balaban J connectivity index is 2.85. The van der Waals surface area contributed by atoms with E-state index in [2.05, 4.69) is 45.9 Å². The van der Waals surface area contributed by atoms with Crippen LogP contribution in [0, 0.1) is 19.3 Å². The number of rotatable bonds is 4. The maximum Gasteiger partial charge on any atom is 0.0487 e. The Morgan fingerprint density at radius 3 is 2.33 bits per heavy atom. The van der Waals surface area contributed by atoms with E-state index in [-0.39, 0.29) is 12.0 Å². The van der Waals surface area contributed by atoms with Crippen LogP contribution in [0.25, 0.3) is 0 Å². The molecule has 0 saturated carbocycles. The van der Waals surface area contributed by atoms with Gasteiger partial charge in [-0.2, -0.15) is 0 Å². The van der Waals surface area contributed by atoms with E-state index in [1.165, 1.54) is 16.7 Å². The largest absolute Gasteiger partial charge is 0.396 e. The van der Waals surface area contributed by atoms with Crippen LogP contribution >= 0.6 is 0 Å². The van der Waals surface area contributed by atoms with Crippen LogP contribution in [0.2, 0.25) is 0 Å². The molecular weight excluding hydrogens is 184 g/mol. The summed E-state index contributed by atoms with van der Waals surface area (Å²) in [6, 6.07) is 6.57. The molecule has 1 nitrogen and oxygen atoms in total. The second-order valence-corrected chi connectivity index (χ2v) is 4.92. The molecule has 84 valence electrons. The lowest BCUT2D eigenvalue weighted by Crippen LogP contribution is -2.23. The zero-order valence-electron chi connectivity index (χ0n) is 10.3. The van der Waals surface area contributed by atoms with E-state index in [0.29, 0.717) is 0 Å². The highest BCUT2D eigenvalue weighted by Gasteiger charge is 2.21. The van der Waals surface area contributed by atoms with Gasteiger partial charge in [-0.1, -0.05) is 32.0 Å². The predicted octanol–water partition coefficient (Wildman–Crippen LogP) is 3.25. The summed E-state index contributed by atoms with van der Waals surface area (Å²) in [5, 5.41) is 9.37. The number of aliphatic hydroxyl groups is 1. The summed E-state index contributed by atoms with van der Waals surface area (Å²) in [6.45, 7) is 8.81. The van der Waals surface area contributed by atoms with Crippen LogP contribution in [0.15, 0.2) is 18.2 Å². The van der Waals surface area contributed by atoms with Crippen LogP contribution in [0.1, 0.15) is 37.0 Å². The third-order valence-corrected chi connectivity index (χ3v) is 3.44. The SMILES string of the molecule is CCC(C)(CO)Cc1ccc(C)c(C)c1. The average molecular weight is 206 g/mol. The fraction of sp³-hybridized carbons (Fsp3) is 0.571. The van der Waals surface area contributed by atoms with Crippen LogP contribution in [-0.2, 0) is 6.42 Å². The Kier molecular flexibility index (Phi) is 3.92. The van der Waals surface area contributed by atoms with E-state index in [1.54, 1.807) is 0 Å². The Labute approximate surface area is 93.1 Å². The maximum atomic E-state index is 9.37. The topological polar surface area (TPSA) is 20.2 Å². The molecule has 0 heterocycles. The van der Waals surface area contributed by atoms with E-state index in [1.807, 2.05) is 0 Å². The minimum absolute atomic E-state index is 0.0295. The molecule has 15 heavy (non-hydrogen) atoms. The molecule has 1 atom stereocenters. The van der Waals surface area contributed by atoms with Crippen molar-refractivity contribution in [1.29, 1.82) is 0 Å². The first-order valence-corrected chi connectivity index (χ1v) is 5.68. The lowest BCUT2D eigenvalue weighted by atomic mass is 9.81. The molecule has 0 spiro atoms. The minimum Gasteiger partial charge on any atom is -0.396 e. The van der Waals surface area contributed by atoms with Gasteiger partial charge in [-0.25, -0.2) is 0 Å². The van der Waals surface area contributed by atoms with E-state index in [4.69, 9.17) is 0 Å². The van der Waals surface area contributed by atoms with Crippen molar-refractivity contribution >= 4 is 0 Å². The monoisotopic (exact) mass is 206 g/mol. The van der Waals surface area contributed by atoms with Crippen molar-refractivity contribution in [2.45, 2.75) is 40.5 Å². The van der Waals surface area contributed by atoms with Crippen LogP contribution in [-0.4, -0.2) is 11.7 Å². The Morgan fingerprint density at radius 2 is 1.87 bits per heavy atom. The molecule has 0 saturated heterocycles. The predicted molar refractivity (Wildman–Crippen MR) is 65.1 cm³/mol. The van der Waals surface area contributed by atoms with Crippen molar-refractivity contribution in [3.63, 3.8) is 0 Å². The Bertz CT molecular complexity index is 324. The van der Waals surface area contributed by atoms with Crippen molar-refractivity contribution in [2.24, 2.45) is 5.41 Å². The lowest BCUT2D eigenvalue weighted by molar-refractivity contribution is 0.137. The quantitative estimate of drug-likeness (QED) is 0.801. The van der Waals surface area contributed by atoms with Crippen molar-refractivity contribution in [2.75, 3.05) is 6.61 Å². The molecule has 0 aliphatic rings. The van der Waals surface area contributed by atoms with Gasteiger partial charge in [-0.05, 0) is 48.8 Å². The molecule has 1 rings (SSSR count). The molecule has 0 aliphatic heterocycles. The Hall–Kier alpha value is -0.820. The normalized spacial score (nSPS) is 15.0. The van der Waals surface area contributed by atoms with Crippen molar-refractivity contribution < 1.29 is 5.11 Å². The van der Waals surface area contributed by atoms with Gasteiger partial charge in [0.25, 0.3) is 0 Å². The highest BCUT2D eigenvalue weighted by molar-refractivity contribution is 5.30. The van der Waals surface area contributed by atoms with Crippen LogP contribution in [0.4, 0.5) is 0 Å². The van der Waals surface area contributed by atoms with Gasteiger partial charge in [0.2, 0.25) is 0 Å². The van der Waals surface area contributed by atoms with Gasteiger partial charge in [0.15, 0.2) is 0 Å². The van der Waals surface area contributed by atoms with E-state index in [0.717, 1.165) is 12.8 Å². The fourth-order valence-electron chi connectivity index (χ4n) is 1.70.